The van der Waals surface area contributed by atoms with Gasteiger partial charge in [-0.2, -0.15) is 0 Å². The molecule has 1 heterocycles. The fourth-order valence-electron chi connectivity index (χ4n) is 2.53. The summed E-state index contributed by atoms with van der Waals surface area (Å²) in [4.78, 5) is 35.7. The summed E-state index contributed by atoms with van der Waals surface area (Å²) in [6, 6.07) is 9.74. The molecule has 0 bridgehead atoms. The van der Waals surface area contributed by atoms with E-state index in [1.165, 1.54) is 10.6 Å². The number of hydrogen-bond acceptors (Lipinski definition) is 3. The molecule has 1 aliphatic carbocycles. The first kappa shape index (κ1) is 16.0. The lowest BCUT2D eigenvalue weighted by Crippen LogP contribution is -2.18. The molecule has 2 amide bonds. The Bertz CT molecular complexity index is 857. The molecule has 0 spiro atoms. The predicted molar refractivity (Wildman–Crippen MR) is 92.0 cm³/mol. The molecule has 0 saturated heterocycles. The van der Waals surface area contributed by atoms with Crippen LogP contribution >= 0.6 is 0 Å². The van der Waals surface area contributed by atoms with Crippen molar-refractivity contribution in [1.82, 2.24) is 4.57 Å². The first-order valence-corrected chi connectivity index (χ1v) is 7.83. The van der Waals surface area contributed by atoms with Crippen molar-refractivity contribution in [2.75, 3.05) is 10.6 Å². The zero-order valence-corrected chi connectivity index (χ0v) is 13.6. The van der Waals surface area contributed by atoms with Gasteiger partial charge in [0.25, 0.3) is 5.91 Å². The standard InChI is InChI=1S/C18H19N3O3/c1-11-8-15(11)18(24)19-13-5-3-4-12(9-13)17(23)20-14-6-7-16(22)21(2)10-14/h3-7,9-11,15H,8H2,1-2H3,(H,19,24)(H,20,23)/t11-,15+/m1/s1. The summed E-state index contributed by atoms with van der Waals surface area (Å²) >= 11 is 0. The summed E-state index contributed by atoms with van der Waals surface area (Å²) in [5, 5.41) is 5.58. The van der Waals surface area contributed by atoms with Crippen LogP contribution in [-0.4, -0.2) is 16.4 Å². The van der Waals surface area contributed by atoms with E-state index in [9.17, 15) is 14.4 Å². The second-order valence-electron chi connectivity index (χ2n) is 6.21. The maximum atomic E-state index is 12.3. The van der Waals surface area contributed by atoms with Crippen LogP contribution in [0.15, 0.2) is 47.4 Å². The number of anilines is 2. The first-order chi connectivity index (χ1) is 11.4. The monoisotopic (exact) mass is 325 g/mol. The van der Waals surface area contributed by atoms with Crippen molar-refractivity contribution in [2.45, 2.75) is 13.3 Å². The van der Waals surface area contributed by atoms with Gasteiger partial charge in [0.15, 0.2) is 0 Å². The van der Waals surface area contributed by atoms with Crippen molar-refractivity contribution < 1.29 is 9.59 Å². The Hall–Kier alpha value is -2.89. The third-order valence-electron chi connectivity index (χ3n) is 4.18. The smallest absolute Gasteiger partial charge is 0.255 e. The first-order valence-electron chi connectivity index (χ1n) is 7.83. The molecule has 1 fully saturated rings. The van der Waals surface area contributed by atoms with E-state index in [0.29, 0.717) is 22.9 Å². The summed E-state index contributed by atoms with van der Waals surface area (Å²) in [5.74, 6) is 0.206. The molecule has 2 N–H and O–H groups in total. The Morgan fingerprint density at radius 3 is 2.54 bits per heavy atom. The highest BCUT2D eigenvalue weighted by Gasteiger charge is 2.39. The highest BCUT2D eigenvalue weighted by Crippen LogP contribution is 2.38. The van der Waals surface area contributed by atoms with E-state index < -0.39 is 0 Å². The Morgan fingerprint density at radius 2 is 1.88 bits per heavy atom. The zero-order valence-electron chi connectivity index (χ0n) is 13.6. The molecule has 2 aromatic rings. The molecule has 1 aliphatic rings. The minimum Gasteiger partial charge on any atom is -0.326 e. The molecular weight excluding hydrogens is 306 g/mol. The van der Waals surface area contributed by atoms with Crippen molar-refractivity contribution in [1.29, 1.82) is 0 Å². The van der Waals surface area contributed by atoms with Gasteiger partial charge in [-0.3, -0.25) is 14.4 Å². The summed E-state index contributed by atoms with van der Waals surface area (Å²) in [6.45, 7) is 2.04. The molecule has 3 rings (SSSR count). The van der Waals surface area contributed by atoms with Gasteiger partial charge in [-0.1, -0.05) is 13.0 Å². The molecule has 1 aromatic carbocycles. The van der Waals surface area contributed by atoms with E-state index in [2.05, 4.69) is 10.6 Å². The molecule has 24 heavy (non-hydrogen) atoms. The summed E-state index contributed by atoms with van der Waals surface area (Å²) < 4.78 is 1.39. The topological polar surface area (TPSA) is 80.2 Å². The molecule has 1 aromatic heterocycles. The van der Waals surface area contributed by atoms with Crippen molar-refractivity contribution >= 4 is 23.2 Å². The van der Waals surface area contributed by atoms with Crippen LogP contribution in [-0.2, 0) is 11.8 Å². The fraction of sp³-hybridized carbons (Fsp3) is 0.278. The number of aromatic nitrogens is 1. The Kier molecular flexibility index (Phi) is 4.20. The minimum atomic E-state index is -0.301. The van der Waals surface area contributed by atoms with Crippen LogP contribution in [0, 0.1) is 11.8 Å². The highest BCUT2D eigenvalue weighted by atomic mass is 16.2. The van der Waals surface area contributed by atoms with Crippen LogP contribution in [0.25, 0.3) is 0 Å². The predicted octanol–water partition coefficient (Wildman–Crippen LogP) is 2.23. The van der Waals surface area contributed by atoms with Gasteiger partial charge >= 0.3 is 0 Å². The average Bonchev–Trinajstić information content (AvgIpc) is 3.28. The Morgan fingerprint density at radius 1 is 1.12 bits per heavy atom. The van der Waals surface area contributed by atoms with Gasteiger partial charge < -0.3 is 15.2 Å². The SMILES string of the molecule is C[C@@H]1C[C@@H]1C(=O)Nc1cccc(C(=O)Nc2ccc(=O)n(C)c2)c1. The lowest BCUT2D eigenvalue weighted by Gasteiger charge is -2.09. The maximum Gasteiger partial charge on any atom is 0.255 e. The quantitative estimate of drug-likeness (QED) is 0.904. The van der Waals surface area contributed by atoms with Gasteiger partial charge in [0, 0.05) is 36.5 Å². The average molecular weight is 325 g/mol. The number of nitrogens with zero attached hydrogens (tertiary/aromatic N) is 1. The number of pyridine rings is 1. The second-order valence-corrected chi connectivity index (χ2v) is 6.21. The van der Waals surface area contributed by atoms with Crippen LogP contribution in [0.1, 0.15) is 23.7 Å². The van der Waals surface area contributed by atoms with E-state index in [0.717, 1.165) is 6.42 Å². The van der Waals surface area contributed by atoms with Crippen LogP contribution in [0.5, 0.6) is 0 Å². The van der Waals surface area contributed by atoms with E-state index in [1.807, 2.05) is 6.92 Å². The second kappa shape index (κ2) is 6.31. The largest absolute Gasteiger partial charge is 0.326 e. The maximum absolute atomic E-state index is 12.3. The summed E-state index contributed by atoms with van der Waals surface area (Å²) in [7, 11) is 1.62. The van der Waals surface area contributed by atoms with E-state index in [1.54, 1.807) is 43.6 Å². The zero-order chi connectivity index (χ0) is 17.3. The highest BCUT2D eigenvalue weighted by molar-refractivity contribution is 6.05. The van der Waals surface area contributed by atoms with Crippen molar-refractivity contribution in [2.24, 2.45) is 18.9 Å². The molecule has 0 unspecified atom stereocenters. The molecule has 6 nitrogen and oxygen atoms in total. The van der Waals surface area contributed by atoms with Gasteiger partial charge in [0.2, 0.25) is 11.5 Å². The molecule has 0 aliphatic heterocycles. The molecule has 0 radical (unpaired) electrons. The molecule has 1 saturated carbocycles. The van der Waals surface area contributed by atoms with Crippen LogP contribution < -0.4 is 16.2 Å². The van der Waals surface area contributed by atoms with Crippen LogP contribution in [0.4, 0.5) is 11.4 Å². The number of nitrogens with one attached hydrogen (secondary N) is 2. The molecule has 2 atom stereocenters. The number of hydrogen-bond donors (Lipinski definition) is 2. The number of rotatable bonds is 4. The van der Waals surface area contributed by atoms with Gasteiger partial charge in [-0.15, -0.1) is 0 Å². The minimum absolute atomic E-state index is 0.00174. The number of benzene rings is 1. The summed E-state index contributed by atoms with van der Waals surface area (Å²) in [5.41, 5.74) is 1.42. The molecule has 6 heteroatoms. The Balaban J connectivity index is 1.70. The van der Waals surface area contributed by atoms with Gasteiger partial charge in [0.05, 0.1) is 5.69 Å². The van der Waals surface area contributed by atoms with Gasteiger partial charge in [0.1, 0.15) is 0 Å². The van der Waals surface area contributed by atoms with Gasteiger partial charge in [-0.25, -0.2) is 0 Å². The van der Waals surface area contributed by atoms with E-state index >= 15 is 0 Å². The van der Waals surface area contributed by atoms with Gasteiger partial charge in [-0.05, 0) is 36.6 Å². The number of carbonyl (C=O) groups excluding carboxylic acids is 2. The van der Waals surface area contributed by atoms with Crippen molar-refractivity contribution in [3.05, 3.63) is 58.5 Å². The molecule has 124 valence electrons. The summed E-state index contributed by atoms with van der Waals surface area (Å²) in [6.07, 6.45) is 2.47. The van der Waals surface area contributed by atoms with Crippen LogP contribution in [0.3, 0.4) is 0 Å². The van der Waals surface area contributed by atoms with Crippen molar-refractivity contribution in [3.8, 4) is 0 Å². The number of amides is 2. The van der Waals surface area contributed by atoms with Crippen LogP contribution in [0.2, 0.25) is 0 Å². The molecular formula is C18H19N3O3. The fourth-order valence-corrected chi connectivity index (χ4v) is 2.53. The van der Waals surface area contributed by atoms with E-state index in [4.69, 9.17) is 0 Å². The Labute approximate surface area is 139 Å². The number of aryl methyl sites for hydroxylation is 1. The normalized spacial score (nSPS) is 18.8. The van der Waals surface area contributed by atoms with Crippen molar-refractivity contribution in [3.63, 3.8) is 0 Å². The lowest BCUT2D eigenvalue weighted by molar-refractivity contribution is -0.117. The third kappa shape index (κ3) is 3.53. The van der Waals surface area contributed by atoms with E-state index in [-0.39, 0.29) is 23.3 Å². The lowest BCUT2D eigenvalue weighted by atomic mass is 10.1. The number of carbonyl (C=O) groups is 2. The third-order valence-corrected chi connectivity index (χ3v) is 4.18.